The molecule has 1 amide bonds. The van der Waals surface area contributed by atoms with E-state index in [1.165, 1.54) is 6.92 Å². The van der Waals surface area contributed by atoms with Crippen LogP contribution in [0, 0.1) is 12.3 Å². The molecule has 0 saturated heterocycles. The van der Waals surface area contributed by atoms with Gasteiger partial charge in [-0.25, -0.2) is 0 Å². The molecule has 6 heteroatoms. The summed E-state index contributed by atoms with van der Waals surface area (Å²) in [5.41, 5.74) is 1.45. The van der Waals surface area contributed by atoms with Crippen LogP contribution in [0.1, 0.15) is 66.2 Å². The molecule has 0 atom stereocenters. The normalized spacial score (nSPS) is 11.3. The summed E-state index contributed by atoms with van der Waals surface area (Å²) >= 11 is 0. The van der Waals surface area contributed by atoms with Gasteiger partial charge in [-0.3, -0.25) is 14.4 Å². The van der Waals surface area contributed by atoms with Gasteiger partial charge >= 0.3 is 5.97 Å². The van der Waals surface area contributed by atoms with Gasteiger partial charge in [-0.2, -0.15) is 0 Å². The van der Waals surface area contributed by atoms with Crippen LogP contribution in [0.5, 0.6) is 0 Å². The van der Waals surface area contributed by atoms with Crippen molar-refractivity contribution in [3.63, 3.8) is 0 Å². The minimum Gasteiger partial charge on any atom is -0.481 e. The van der Waals surface area contributed by atoms with Crippen molar-refractivity contribution >= 4 is 17.7 Å². The molecule has 1 heterocycles. The van der Waals surface area contributed by atoms with Crippen LogP contribution in [-0.2, 0) is 11.2 Å². The first kappa shape index (κ1) is 17.9. The molecule has 22 heavy (non-hydrogen) atoms. The van der Waals surface area contributed by atoms with E-state index in [0.29, 0.717) is 35.4 Å². The molecule has 3 N–H and O–H groups in total. The van der Waals surface area contributed by atoms with Crippen LogP contribution < -0.4 is 5.32 Å². The minimum atomic E-state index is -0.898. The second kappa shape index (κ2) is 6.77. The number of ketones is 1. The molecule has 0 aliphatic carbocycles. The number of amides is 1. The number of carbonyl (C=O) groups is 3. The Hall–Kier alpha value is -2.11. The SMILES string of the molecule is CCc1c(C(=O)NCCC(C)(C)C(=O)O)[nH]c(C)c1C(C)=O. The predicted octanol–water partition coefficient (Wildman–Crippen LogP) is 2.32. The molecule has 0 spiro atoms. The smallest absolute Gasteiger partial charge is 0.309 e. The van der Waals surface area contributed by atoms with Crippen molar-refractivity contribution in [2.45, 2.75) is 47.5 Å². The number of hydrogen-bond acceptors (Lipinski definition) is 3. The molecule has 0 fully saturated rings. The number of H-pyrrole nitrogens is 1. The van der Waals surface area contributed by atoms with Crippen molar-refractivity contribution < 1.29 is 19.5 Å². The van der Waals surface area contributed by atoms with Gasteiger partial charge in [0.15, 0.2) is 5.78 Å². The van der Waals surface area contributed by atoms with Crippen molar-refractivity contribution in [1.29, 1.82) is 0 Å². The van der Waals surface area contributed by atoms with Gasteiger partial charge in [0.05, 0.1) is 5.41 Å². The second-order valence-electron chi connectivity index (χ2n) is 6.08. The van der Waals surface area contributed by atoms with E-state index >= 15 is 0 Å². The van der Waals surface area contributed by atoms with E-state index in [1.54, 1.807) is 20.8 Å². The van der Waals surface area contributed by atoms with Crippen molar-refractivity contribution in [1.82, 2.24) is 10.3 Å². The molecule has 0 saturated carbocycles. The van der Waals surface area contributed by atoms with E-state index in [2.05, 4.69) is 10.3 Å². The van der Waals surface area contributed by atoms with E-state index in [0.717, 1.165) is 0 Å². The molecule has 0 aromatic carbocycles. The maximum absolute atomic E-state index is 12.3. The third-order valence-corrected chi connectivity index (χ3v) is 3.84. The molecule has 0 bridgehead atoms. The lowest BCUT2D eigenvalue weighted by molar-refractivity contribution is -0.147. The predicted molar refractivity (Wildman–Crippen MR) is 83.3 cm³/mol. The fraction of sp³-hybridized carbons (Fsp3) is 0.562. The molecule has 0 aliphatic rings. The first-order valence-electron chi connectivity index (χ1n) is 7.35. The first-order valence-corrected chi connectivity index (χ1v) is 7.35. The summed E-state index contributed by atoms with van der Waals surface area (Å²) in [5, 5.41) is 11.8. The third kappa shape index (κ3) is 3.75. The number of rotatable bonds is 7. The largest absolute Gasteiger partial charge is 0.481 e. The number of carbonyl (C=O) groups excluding carboxylic acids is 2. The van der Waals surface area contributed by atoms with Crippen LogP contribution in [0.25, 0.3) is 0 Å². The van der Waals surface area contributed by atoms with Gasteiger partial charge in [-0.05, 0) is 46.1 Å². The standard InChI is InChI=1S/C16H24N2O4/c1-6-11-12(10(3)19)9(2)18-13(11)14(20)17-8-7-16(4,5)15(21)22/h18H,6-8H2,1-5H3,(H,17,20)(H,21,22). The molecular formula is C16H24N2O4. The van der Waals surface area contributed by atoms with Crippen molar-refractivity contribution in [3.8, 4) is 0 Å². The number of aromatic nitrogens is 1. The molecular weight excluding hydrogens is 284 g/mol. The molecule has 0 radical (unpaired) electrons. The van der Waals surface area contributed by atoms with Crippen LogP contribution in [-0.4, -0.2) is 34.3 Å². The topological polar surface area (TPSA) is 99.3 Å². The summed E-state index contributed by atoms with van der Waals surface area (Å²) in [5.74, 6) is -1.28. The van der Waals surface area contributed by atoms with Gasteiger partial charge in [0, 0.05) is 17.8 Å². The maximum Gasteiger partial charge on any atom is 0.309 e. The van der Waals surface area contributed by atoms with E-state index in [4.69, 9.17) is 5.11 Å². The fourth-order valence-corrected chi connectivity index (χ4v) is 2.38. The number of aliphatic carboxylic acids is 1. The first-order chi connectivity index (χ1) is 10.1. The summed E-state index contributed by atoms with van der Waals surface area (Å²) in [6.07, 6.45) is 0.900. The summed E-state index contributed by atoms with van der Waals surface area (Å²) in [4.78, 5) is 38.0. The lowest BCUT2D eigenvalue weighted by Crippen LogP contribution is -2.32. The van der Waals surface area contributed by atoms with Crippen LogP contribution in [0.2, 0.25) is 0 Å². The monoisotopic (exact) mass is 308 g/mol. The highest BCUT2D eigenvalue weighted by Gasteiger charge is 2.27. The highest BCUT2D eigenvalue weighted by atomic mass is 16.4. The minimum absolute atomic E-state index is 0.0725. The fourth-order valence-electron chi connectivity index (χ4n) is 2.38. The van der Waals surface area contributed by atoms with Gasteiger partial charge in [0.2, 0.25) is 0 Å². The van der Waals surface area contributed by atoms with Crippen LogP contribution in [0.4, 0.5) is 0 Å². The van der Waals surface area contributed by atoms with Crippen LogP contribution in [0.3, 0.4) is 0 Å². The molecule has 1 aromatic rings. The Kier molecular flexibility index (Phi) is 5.52. The van der Waals surface area contributed by atoms with Gasteiger partial charge in [0.1, 0.15) is 5.69 Å². The number of aryl methyl sites for hydroxylation is 1. The highest BCUT2D eigenvalue weighted by molar-refractivity contribution is 6.02. The highest BCUT2D eigenvalue weighted by Crippen LogP contribution is 2.21. The lowest BCUT2D eigenvalue weighted by Gasteiger charge is -2.18. The number of aromatic amines is 1. The Morgan fingerprint density at radius 1 is 1.27 bits per heavy atom. The van der Waals surface area contributed by atoms with Gasteiger partial charge in [-0.15, -0.1) is 0 Å². The zero-order valence-electron chi connectivity index (χ0n) is 13.8. The van der Waals surface area contributed by atoms with Gasteiger partial charge < -0.3 is 15.4 Å². The molecule has 1 rings (SSSR count). The Morgan fingerprint density at radius 2 is 1.86 bits per heavy atom. The average molecular weight is 308 g/mol. The second-order valence-corrected chi connectivity index (χ2v) is 6.08. The van der Waals surface area contributed by atoms with E-state index in [1.807, 2.05) is 6.92 Å². The van der Waals surface area contributed by atoms with Crippen LogP contribution >= 0.6 is 0 Å². The van der Waals surface area contributed by atoms with E-state index in [9.17, 15) is 14.4 Å². The number of carboxylic acids is 1. The summed E-state index contributed by atoms with van der Waals surface area (Å²) in [6, 6.07) is 0. The molecule has 122 valence electrons. The maximum atomic E-state index is 12.3. The summed E-state index contributed by atoms with van der Waals surface area (Å²) in [7, 11) is 0. The number of Topliss-reactive ketones (excluding diaryl/α,β-unsaturated/α-hetero) is 1. The molecule has 1 aromatic heterocycles. The average Bonchev–Trinajstić information content (AvgIpc) is 2.75. The molecule has 0 aliphatic heterocycles. The number of nitrogens with one attached hydrogen (secondary N) is 2. The third-order valence-electron chi connectivity index (χ3n) is 3.84. The zero-order valence-corrected chi connectivity index (χ0v) is 13.8. The van der Waals surface area contributed by atoms with Crippen molar-refractivity contribution in [2.24, 2.45) is 5.41 Å². The molecule has 0 unspecified atom stereocenters. The molecule has 6 nitrogen and oxygen atoms in total. The van der Waals surface area contributed by atoms with Gasteiger partial charge in [0.25, 0.3) is 5.91 Å². The Balaban J connectivity index is 2.85. The summed E-state index contributed by atoms with van der Waals surface area (Å²) < 4.78 is 0. The van der Waals surface area contributed by atoms with E-state index in [-0.39, 0.29) is 18.2 Å². The van der Waals surface area contributed by atoms with E-state index < -0.39 is 11.4 Å². The Morgan fingerprint density at radius 3 is 2.32 bits per heavy atom. The lowest BCUT2D eigenvalue weighted by atomic mass is 9.90. The van der Waals surface area contributed by atoms with Crippen LogP contribution in [0.15, 0.2) is 0 Å². The van der Waals surface area contributed by atoms with Crippen molar-refractivity contribution in [2.75, 3.05) is 6.54 Å². The summed E-state index contributed by atoms with van der Waals surface area (Å²) in [6.45, 7) is 8.62. The number of hydrogen-bond donors (Lipinski definition) is 3. The number of carboxylic acid groups (broad SMARTS) is 1. The van der Waals surface area contributed by atoms with Crippen molar-refractivity contribution in [3.05, 3.63) is 22.5 Å². The zero-order chi connectivity index (χ0) is 17.1. The van der Waals surface area contributed by atoms with Gasteiger partial charge in [-0.1, -0.05) is 6.92 Å². The quantitative estimate of drug-likeness (QED) is 0.673. The Bertz CT molecular complexity index is 600. The Labute approximate surface area is 130 Å².